The predicted molar refractivity (Wildman–Crippen MR) is 85.9 cm³/mol. The molecule has 1 N–H and O–H groups in total. The minimum absolute atomic E-state index is 0.0693. The molecule has 2 aromatic heterocycles. The third-order valence-corrected chi connectivity index (χ3v) is 6.19. The molecule has 7 heteroatoms. The Morgan fingerprint density at radius 1 is 1.27 bits per heavy atom. The number of aliphatic hydroxyl groups is 1. The molecule has 5 nitrogen and oxygen atoms in total. The topological polar surface area (TPSA) is 54.2 Å². The molecule has 0 amide bonds. The highest BCUT2D eigenvalue weighted by molar-refractivity contribution is 7.16. The van der Waals surface area contributed by atoms with Gasteiger partial charge in [-0.15, -0.1) is 11.3 Å². The summed E-state index contributed by atoms with van der Waals surface area (Å²) in [4.78, 5) is 7.82. The van der Waals surface area contributed by atoms with Crippen molar-refractivity contribution >= 4 is 22.9 Å². The van der Waals surface area contributed by atoms with E-state index in [1.165, 1.54) is 4.88 Å². The average molecular weight is 339 g/mol. The second-order valence-electron chi connectivity index (χ2n) is 6.40. The van der Waals surface area contributed by atoms with Crippen LogP contribution in [0.5, 0.6) is 0 Å². The van der Waals surface area contributed by atoms with Crippen molar-refractivity contribution in [2.24, 2.45) is 11.8 Å². The van der Waals surface area contributed by atoms with Crippen LogP contribution in [0.15, 0.2) is 24.8 Å². The molecule has 2 aliphatic rings. The number of halogens is 1. The minimum atomic E-state index is -0.320. The van der Waals surface area contributed by atoms with Crippen LogP contribution in [0.3, 0.4) is 0 Å². The van der Waals surface area contributed by atoms with Crippen molar-refractivity contribution in [2.45, 2.75) is 31.5 Å². The lowest BCUT2D eigenvalue weighted by molar-refractivity contribution is 0.0304. The van der Waals surface area contributed by atoms with Crippen LogP contribution in [-0.4, -0.2) is 44.0 Å². The summed E-state index contributed by atoms with van der Waals surface area (Å²) in [5, 5.41) is 14.7. The number of fused-ring (bicyclic) bond motifs is 1. The molecule has 0 aromatic carbocycles. The minimum Gasteiger partial charge on any atom is -0.391 e. The molecule has 1 aliphatic heterocycles. The van der Waals surface area contributed by atoms with Gasteiger partial charge >= 0.3 is 0 Å². The number of hydrogen-bond acceptors (Lipinski definition) is 5. The van der Waals surface area contributed by atoms with E-state index in [1.807, 2.05) is 10.7 Å². The number of thiophene rings is 1. The van der Waals surface area contributed by atoms with Gasteiger partial charge < -0.3 is 5.11 Å². The van der Waals surface area contributed by atoms with E-state index < -0.39 is 0 Å². The van der Waals surface area contributed by atoms with Crippen LogP contribution in [0, 0.1) is 11.8 Å². The zero-order chi connectivity index (χ0) is 15.1. The molecule has 1 aliphatic carbocycles. The van der Waals surface area contributed by atoms with E-state index in [1.54, 1.807) is 24.0 Å². The molecule has 0 spiro atoms. The molecule has 2 aromatic rings. The number of nitrogens with zero attached hydrogens (tertiary/aromatic N) is 4. The first kappa shape index (κ1) is 14.6. The Balaban J connectivity index is 1.43. The Kier molecular flexibility index (Phi) is 3.94. The van der Waals surface area contributed by atoms with Gasteiger partial charge in [0.25, 0.3) is 0 Å². The SMILES string of the molecule is O[C@@H]1C[C@H]2CN(Cc3ccc(Cl)s3)C[C@H]2C[C@H]1n1cncn1. The van der Waals surface area contributed by atoms with Gasteiger partial charge in [0, 0.05) is 24.5 Å². The van der Waals surface area contributed by atoms with E-state index in [4.69, 9.17) is 11.6 Å². The maximum Gasteiger partial charge on any atom is 0.137 e. The maximum atomic E-state index is 10.4. The lowest BCUT2D eigenvalue weighted by Gasteiger charge is -2.35. The molecule has 0 radical (unpaired) electrons. The fourth-order valence-corrected chi connectivity index (χ4v) is 5.09. The van der Waals surface area contributed by atoms with Gasteiger partial charge in [-0.3, -0.25) is 4.90 Å². The Labute approximate surface area is 138 Å². The Morgan fingerprint density at radius 2 is 2.09 bits per heavy atom. The molecule has 118 valence electrons. The van der Waals surface area contributed by atoms with Gasteiger partial charge in [0.1, 0.15) is 12.7 Å². The Morgan fingerprint density at radius 3 is 2.77 bits per heavy atom. The quantitative estimate of drug-likeness (QED) is 0.934. The summed E-state index contributed by atoms with van der Waals surface area (Å²) in [6.07, 6.45) is 4.78. The zero-order valence-corrected chi connectivity index (χ0v) is 13.7. The highest BCUT2D eigenvalue weighted by Crippen LogP contribution is 2.41. The standard InChI is InChI=1S/C15H19ClN4OS/c16-15-2-1-12(22-15)7-19-5-10-3-13(20-9-17-8-18-20)14(21)4-11(10)6-19/h1-2,8-11,13-14,21H,3-7H2/t10-,11+,13-,14-/m1/s1. The summed E-state index contributed by atoms with van der Waals surface area (Å²) in [5.74, 6) is 1.22. The van der Waals surface area contributed by atoms with Crippen molar-refractivity contribution in [3.8, 4) is 0 Å². The molecule has 4 atom stereocenters. The van der Waals surface area contributed by atoms with Crippen molar-refractivity contribution in [3.05, 3.63) is 34.0 Å². The van der Waals surface area contributed by atoms with Crippen molar-refractivity contribution in [1.82, 2.24) is 19.7 Å². The van der Waals surface area contributed by atoms with Gasteiger partial charge in [-0.1, -0.05) is 11.6 Å². The highest BCUT2D eigenvalue weighted by Gasteiger charge is 2.42. The number of aliphatic hydroxyl groups excluding tert-OH is 1. The second-order valence-corrected chi connectivity index (χ2v) is 8.20. The van der Waals surface area contributed by atoms with Crippen molar-refractivity contribution < 1.29 is 5.11 Å². The lowest BCUT2D eigenvalue weighted by atomic mass is 9.77. The van der Waals surface area contributed by atoms with Crippen molar-refractivity contribution in [3.63, 3.8) is 0 Å². The fourth-order valence-electron chi connectivity index (χ4n) is 3.96. The molecule has 2 fully saturated rings. The molecule has 4 rings (SSSR count). The summed E-state index contributed by atoms with van der Waals surface area (Å²) >= 11 is 7.67. The van der Waals surface area contributed by atoms with Gasteiger partial charge in [-0.25, -0.2) is 9.67 Å². The molecule has 3 heterocycles. The summed E-state index contributed by atoms with van der Waals surface area (Å²) in [6, 6.07) is 4.15. The van der Waals surface area contributed by atoms with Gasteiger partial charge in [0.05, 0.1) is 16.5 Å². The second kappa shape index (κ2) is 5.92. The number of likely N-dealkylation sites (tertiary alicyclic amines) is 1. The fraction of sp³-hybridized carbons (Fsp3) is 0.600. The number of aromatic nitrogens is 3. The predicted octanol–water partition coefficient (Wildman–Crippen LogP) is 2.44. The first-order valence-corrected chi connectivity index (χ1v) is 8.87. The Hall–Kier alpha value is -0.950. The normalized spacial score (nSPS) is 32.3. The largest absolute Gasteiger partial charge is 0.391 e. The smallest absolute Gasteiger partial charge is 0.137 e. The molecule has 1 saturated carbocycles. The van der Waals surface area contributed by atoms with E-state index in [0.29, 0.717) is 11.8 Å². The summed E-state index contributed by atoms with van der Waals surface area (Å²) in [5.41, 5.74) is 0. The molecular weight excluding hydrogens is 320 g/mol. The van der Waals surface area contributed by atoms with E-state index in [0.717, 1.165) is 36.8 Å². The van der Waals surface area contributed by atoms with Crippen LogP contribution in [0.2, 0.25) is 4.34 Å². The lowest BCUT2D eigenvalue weighted by Crippen LogP contribution is -2.36. The van der Waals surface area contributed by atoms with Gasteiger partial charge in [-0.05, 0) is 36.8 Å². The first-order valence-electron chi connectivity index (χ1n) is 7.68. The van der Waals surface area contributed by atoms with Crippen LogP contribution in [0.1, 0.15) is 23.8 Å². The van der Waals surface area contributed by atoms with Crippen LogP contribution in [0.4, 0.5) is 0 Å². The number of rotatable bonds is 3. The van der Waals surface area contributed by atoms with Crippen LogP contribution in [0.25, 0.3) is 0 Å². The molecule has 22 heavy (non-hydrogen) atoms. The van der Waals surface area contributed by atoms with Crippen LogP contribution < -0.4 is 0 Å². The van der Waals surface area contributed by atoms with E-state index >= 15 is 0 Å². The van der Waals surface area contributed by atoms with Crippen molar-refractivity contribution in [2.75, 3.05) is 13.1 Å². The van der Waals surface area contributed by atoms with E-state index in [9.17, 15) is 5.11 Å². The van der Waals surface area contributed by atoms with Crippen LogP contribution >= 0.6 is 22.9 Å². The van der Waals surface area contributed by atoms with Gasteiger partial charge in [0.2, 0.25) is 0 Å². The molecule has 0 bridgehead atoms. The first-order chi connectivity index (χ1) is 10.7. The van der Waals surface area contributed by atoms with Gasteiger partial charge in [0.15, 0.2) is 0 Å². The maximum absolute atomic E-state index is 10.4. The Bertz CT molecular complexity index is 631. The summed E-state index contributed by atoms with van der Waals surface area (Å²) in [7, 11) is 0. The van der Waals surface area contributed by atoms with Crippen molar-refractivity contribution in [1.29, 1.82) is 0 Å². The van der Waals surface area contributed by atoms with E-state index in [-0.39, 0.29) is 12.1 Å². The third-order valence-electron chi connectivity index (χ3n) is 4.97. The molecule has 1 saturated heterocycles. The number of hydrogen-bond donors (Lipinski definition) is 1. The summed E-state index contributed by atoms with van der Waals surface area (Å²) in [6.45, 7) is 3.13. The van der Waals surface area contributed by atoms with E-state index in [2.05, 4.69) is 21.0 Å². The third kappa shape index (κ3) is 2.80. The van der Waals surface area contributed by atoms with Gasteiger partial charge in [-0.2, -0.15) is 5.10 Å². The monoisotopic (exact) mass is 338 g/mol. The van der Waals surface area contributed by atoms with Crippen LogP contribution in [-0.2, 0) is 6.54 Å². The zero-order valence-electron chi connectivity index (χ0n) is 12.2. The average Bonchev–Trinajstić information content (AvgIpc) is 3.19. The molecular formula is C15H19ClN4OS. The summed E-state index contributed by atoms with van der Waals surface area (Å²) < 4.78 is 2.68. The molecule has 0 unspecified atom stereocenters. The highest BCUT2D eigenvalue weighted by atomic mass is 35.5.